The number of carboxylic acids is 1. The van der Waals surface area contributed by atoms with Crippen LogP contribution in [0.3, 0.4) is 0 Å². The van der Waals surface area contributed by atoms with Gasteiger partial charge in [-0.15, -0.1) is 0 Å². The first kappa shape index (κ1) is 19.8. The maximum absolute atomic E-state index is 13.1. The summed E-state index contributed by atoms with van der Waals surface area (Å²) in [5.74, 6) is -2.72. The van der Waals surface area contributed by atoms with E-state index in [1.807, 2.05) is 0 Å². The van der Waals surface area contributed by atoms with Gasteiger partial charge in [-0.2, -0.15) is 5.10 Å². The Balaban J connectivity index is 1.95. The molecule has 2 aromatic rings. The summed E-state index contributed by atoms with van der Waals surface area (Å²) in [5.41, 5.74) is 3.47. The van der Waals surface area contributed by atoms with Gasteiger partial charge in [-0.1, -0.05) is 36.4 Å². The molecule has 0 heterocycles. The maximum Gasteiger partial charge on any atom is 0.303 e. The molecule has 27 heavy (non-hydrogen) atoms. The van der Waals surface area contributed by atoms with Crippen molar-refractivity contribution in [3.05, 3.63) is 71.5 Å². The van der Waals surface area contributed by atoms with Crippen LogP contribution in [0.4, 0.5) is 4.39 Å². The lowest BCUT2D eigenvalue weighted by Gasteiger charge is -2.07. The zero-order valence-electron chi connectivity index (χ0n) is 14.3. The average molecular weight is 371 g/mol. The fourth-order valence-electron chi connectivity index (χ4n) is 2.18. The van der Waals surface area contributed by atoms with Crippen LogP contribution in [0, 0.1) is 5.82 Å². The molecule has 0 radical (unpaired) electrons. The first-order valence-corrected chi connectivity index (χ1v) is 8.12. The van der Waals surface area contributed by atoms with E-state index in [4.69, 9.17) is 5.11 Å². The summed E-state index contributed by atoms with van der Waals surface area (Å²) in [5, 5.41) is 15.2. The van der Waals surface area contributed by atoms with Gasteiger partial charge in [0, 0.05) is 12.0 Å². The third-order valence-electron chi connectivity index (χ3n) is 3.49. The second kappa shape index (κ2) is 9.81. The predicted molar refractivity (Wildman–Crippen MR) is 96.7 cm³/mol. The summed E-state index contributed by atoms with van der Waals surface area (Å²) in [6, 6.07) is 13.9. The van der Waals surface area contributed by atoms with Gasteiger partial charge in [0.15, 0.2) is 0 Å². The molecule has 3 N–H and O–H groups in total. The van der Waals surface area contributed by atoms with Crippen LogP contribution in [0.1, 0.15) is 28.8 Å². The van der Waals surface area contributed by atoms with Crippen molar-refractivity contribution < 1.29 is 23.9 Å². The number of nitrogens with one attached hydrogen (secondary N) is 2. The lowest BCUT2D eigenvalue weighted by Crippen LogP contribution is -2.35. The van der Waals surface area contributed by atoms with Gasteiger partial charge in [0.25, 0.3) is 11.8 Å². The number of nitrogens with zero attached hydrogens (tertiary/aromatic N) is 1. The highest BCUT2D eigenvalue weighted by Crippen LogP contribution is 2.06. The van der Waals surface area contributed by atoms with Crippen LogP contribution in [0.25, 0.3) is 0 Å². The van der Waals surface area contributed by atoms with E-state index in [9.17, 15) is 18.8 Å². The minimum absolute atomic E-state index is 0.0951. The number of hydrazone groups is 1. The molecule has 0 spiro atoms. The van der Waals surface area contributed by atoms with E-state index in [1.165, 1.54) is 18.2 Å². The SMILES string of the molecule is O=C(O)CC/C(=N\NC(=O)CNC(=O)c1cccc(F)c1)c1ccccc1. The smallest absolute Gasteiger partial charge is 0.303 e. The van der Waals surface area contributed by atoms with Crippen LogP contribution in [0.15, 0.2) is 59.7 Å². The van der Waals surface area contributed by atoms with Crippen LogP contribution in [-0.2, 0) is 9.59 Å². The van der Waals surface area contributed by atoms with Crippen molar-refractivity contribution in [3.63, 3.8) is 0 Å². The molecule has 0 saturated carbocycles. The van der Waals surface area contributed by atoms with Gasteiger partial charge in [-0.25, -0.2) is 9.82 Å². The Bertz CT molecular complexity index is 853. The predicted octanol–water partition coefficient (Wildman–Crippen LogP) is 1.94. The Labute approximate surface area is 154 Å². The van der Waals surface area contributed by atoms with E-state index in [0.29, 0.717) is 11.3 Å². The highest BCUT2D eigenvalue weighted by Gasteiger charge is 2.10. The Morgan fingerprint density at radius 2 is 1.67 bits per heavy atom. The third kappa shape index (κ3) is 6.69. The summed E-state index contributed by atoms with van der Waals surface area (Å²) in [6.45, 7) is -0.361. The second-order valence-electron chi connectivity index (χ2n) is 5.55. The number of carbonyl (C=O) groups excluding carboxylic acids is 2. The van der Waals surface area contributed by atoms with Crippen LogP contribution < -0.4 is 10.7 Å². The molecule has 140 valence electrons. The van der Waals surface area contributed by atoms with E-state index in [1.54, 1.807) is 30.3 Å². The molecule has 2 rings (SSSR count). The Morgan fingerprint density at radius 1 is 0.963 bits per heavy atom. The van der Waals surface area contributed by atoms with Crippen LogP contribution >= 0.6 is 0 Å². The second-order valence-corrected chi connectivity index (χ2v) is 5.55. The number of hydrogen-bond acceptors (Lipinski definition) is 4. The van der Waals surface area contributed by atoms with Gasteiger partial charge in [0.1, 0.15) is 5.82 Å². The molecule has 0 fully saturated rings. The number of halogens is 1. The number of carboxylic acid groups (broad SMARTS) is 1. The minimum Gasteiger partial charge on any atom is -0.481 e. The topological polar surface area (TPSA) is 108 Å². The Morgan fingerprint density at radius 3 is 2.33 bits per heavy atom. The first-order valence-electron chi connectivity index (χ1n) is 8.12. The molecular formula is C19H18FN3O4. The van der Waals surface area contributed by atoms with E-state index >= 15 is 0 Å². The zero-order valence-corrected chi connectivity index (χ0v) is 14.3. The number of amides is 2. The van der Waals surface area contributed by atoms with Gasteiger partial charge in [0.2, 0.25) is 0 Å². The van der Waals surface area contributed by atoms with Gasteiger partial charge in [-0.05, 0) is 23.8 Å². The molecular weight excluding hydrogens is 353 g/mol. The normalized spacial score (nSPS) is 10.9. The summed E-state index contributed by atoms with van der Waals surface area (Å²) in [6.07, 6.45) is -0.00478. The lowest BCUT2D eigenvalue weighted by atomic mass is 10.1. The van der Waals surface area contributed by atoms with Crippen molar-refractivity contribution in [2.24, 2.45) is 5.10 Å². The molecule has 0 saturated heterocycles. The Kier molecular flexibility index (Phi) is 7.18. The van der Waals surface area contributed by atoms with Crippen LogP contribution in [-0.4, -0.2) is 35.1 Å². The summed E-state index contributed by atoms with van der Waals surface area (Å²) in [7, 11) is 0. The minimum atomic E-state index is -0.979. The maximum atomic E-state index is 13.1. The van der Waals surface area contributed by atoms with E-state index in [2.05, 4.69) is 15.8 Å². The monoisotopic (exact) mass is 371 g/mol. The molecule has 8 heteroatoms. The Hall–Kier alpha value is -3.55. The lowest BCUT2D eigenvalue weighted by molar-refractivity contribution is -0.136. The van der Waals surface area contributed by atoms with Gasteiger partial charge < -0.3 is 10.4 Å². The van der Waals surface area contributed by atoms with E-state index in [-0.39, 0.29) is 24.9 Å². The molecule has 0 aromatic heterocycles. The van der Waals surface area contributed by atoms with E-state index < -0.39 is 23.6 Å². The first-order chi connectivity index (χ1) is 13.0. The zero-order chi connectivity index (χ0) is 19.6. The molecule has 2 aromatic carbocycles. The van der Waals surface area contributed by atoms with Crippen molar-refractivity contribution in [2.45, 2.75) is 12.8 Å². The number of hydrogen-bond donors (Lipinski definition) is 3. The van der Waals surface area contributed by atoms with Crippen molar-refractivity contribution in [1.29, 1.82) is 0 Å². The average Bonchev–Trinajstić information content (AvgIpc) is 2.66. The quantitative estimate of drug-likeness (QED) is 0.487. The largest absolute Gasteiger partial charge is 0.481 e. The van der Waals surface area contributed by atoms with Crippen molar-refractivity contribution in [2.75, 3.05) is 6.54 Å². The number of aliphatic carboxylic acids is 1. The van der Waals surface area contributed by atoms with Crippen molar-refractivity contribution in [1.82, 2.24) is 10.7 Å². The summed E-state index contributed by atoms with van der Waals surface area (Å²) >= 11 is 0. The van der Waals surface area contributed by atoms with Gasteiger partial charge in [-0.3, -0.25) is 14.4 Å². The molecule has 2 amide bonds. The summed E-state index contributed by atoms with van der Waals surface area (Å²) in [4.78, 5) is 34.6. The number of carbonyl (C=O) groups is 3. The molecule has 0 unspecified atom stereocenters. The number of rotatable bonds is 8. The third-order valence-corrected chi connectivity index (χ3v) is 3.49. The van der Waals surface area contributed by atoms with Crippen LogP contribution in [0.2, 0.25) is 0 Å². The fraction of sp³-hybridized carbons (Fsp3) is 0.158. The van der Waals surface area contributed by atoms with Gasteiger partial charge in [0.05, 0.1) is 18.7 Å². The molecule has 0 aliphatic carbocycles. The molecule has 0 aliphatic rings. The van der Waals surface area contributed by atoms with Crippen molar-refractivity contribution >= 4 is 23.5 Å². The van der Waals surface area contributed by atoms with Gasteiger partial charge >= 0.3 is 5.97 Å². The molecule has 7 nitrogen and oxygen atoms in total. The summed E-state index contributed by atoms with van der Waals surface area (Å²) < 4.78 is 13.1. The highest BCUT2D eigenvalue weighted by atomic mass is 19.1. The molecule has 0 aliphatic heterocycles. The number of benzene rings is 2. The van der Waals surface area contributed by atoms with Crippen molar-refractivity contribution in [3.8, 4) is 0 Å². The standard InChI is InChI=1S/C19H18FN3O4/c20-15-8-4-7-14(11-15)19(27)21-12-17(24)23-22-16(9-10-18(25)26)13-5-2-1-3-6-13/h1-8,11H,9-10,12H2,(H,21,27)(H,23,24)(H,25,26)/b22-16+. The highest BCUT2D eigenvalue weighted by molar-refractivity contribution is 6.02. The molecule has 0 atom stereocenters. The van der Waals surface area contributed by atoms with Crippen LogP contribution in [0.5, 0.6) is 0 Å². The molecule has 0 bridgehead atoms. The van der Waals surface area contributed by atoms with E-state index in [0.717, 1.165) is 6.07 Å². The fourth-order valence-corrected chi connectivity index (χ4v) is 2.18.